The zero-order valence-corrected chi connectivity index (χ0v) is 16.0. The third-order valence-corrected chi connectivity index (χ3v) is 5.79. The molecular formula is C15H34O4Si. The molecule has 0 fully saturated rings. The SMILES string of the molecule is CCCCCCCCCCC(O)(OC)C([SiH3])(OC)OC. The molecule has 0 bridgehead atoms. The first-order valence-electron chi connectivity index (χ1n) is 7.87. The second-order valence-corrected chi connectivity index (χ2v) is 6.88. The molecule has 0 radical (unpaired) electrons. The first-order chi connectivity index (χ1) is 9.49. The van der Waals surface area contributed by atoms with Crippen molar-refractivity contribution in [3.63, 3.8) is 0 Å². The Morgan fingerprint density at radius 1 is 0.800 bits per heavy atom. The largest absolute Gasteiger partial charge is 0.362 e. The Morgan fingerprint density at radius 3 is 1.65 bits per heavy atom. The monoisotopic (exact) mass is 306 g/mol. The number of unbranched alkanes of at least 4 members (excludes halogenated alkanes) is 7. The first kappa shape index (κ1) is 20.1. The van der Waals surface area contributed by atoms with E-state index in [0.29, 0.717) is 16.7 Å². The van der Waals surface area contributed by atoms with E-state index < -0.39 is 11.2 Å². The average molecular weight is 307 g/mol. The smallest absolute Gasteiger partial charge is 0.215 e. The Hall–Kier alpha value is 0.0569. The van der Waals surface area contributed by atoms with Gasteiger partial charge in [-0.2, -0.15) is 0 Å². The third kappa shape index (κ3) is 6.22. The van der Waals surface area contributed by atoms with E-state index in [1.165, 1.54) is 45.6 Å². The Morgan fingerprint density at radius 2 is 1.25 bits per heavy atom. The van der Waals surface area contributed by atoms with Crippen molar-refractivity contribution in [2.24, 2.45) is 0 Å². The summed E-state index contributed by atoms with van der Waals surface area (Å²) in [5, 5.41) is 10.6. The predicted octanol–water partition coefficient (Wildman–Crippen LogP) is 2.16. The van der Waals surface area contributed by atoms with Crippen LogP contribution in [0.2, 0.25) is 0 Å². The molecule has 0 aliphatic heterocycles. The Labute approximate surface area is 127 Å². The Balaban J connectivity index is 3.95. The molecule has 0 rings (SSSR count). The first-order valence-corrected chi connectivity index (χ1v) is 8.87. The second kappa shape index (κ2) is 10.7. The van der Waals surface area contributed by atoms with E-state index in [4.69, 9.17) is 14.2 Å². The molecule has 1 atom stereocenters. The van der Waals surface area contributed by atoms with E-state index >= 15 is 0 Å². The van der Waals surface area contributed by atoms with Crippen molar-refractivity contribution in [1.82, 2.24) is 0 Å². The molecule has 20 heavy (non-hydrogen) atoms. The fourth-order valence-electron chi connectivity index (χ4n) is 2.42. The molecule has 1 N–H and O–H groups in total. The van der Waals surface area contributed by atoms with Crippen molar-refractivity contribution in [3.8, 4) is 0 Å². The highest BCUT2D eigenvalue weighted by molar-refractivity contribution is 6.14. The van der Waals surface area contributed by atoms with E-state index in [9.17, 15) is 5.11 Å². The second-order valence-electron chi connectivity index (χ2n) is 5.57. The van der Waals surface area contributed by atoms with Crippen LogP contribution in [-0.2, 0) is 14.2 Å². The lowest BCUT2D eigenvalue weighted by molar-refractivity contribution is -0.343. The van der Waals surface area contributed by atoms with Gasteiger partial charge in [-0.15, -0.1) is 0 Å². The highest BCUT2D eigenvalue weighted by atomic mass is 28.1. The minimum atomic E-state index is -1.34. The van der Waals surface area contributed by atoms with Gasteiger partial charge >= 0.3 is 0 Å². The molecular weight excluding hydrogens is 272 g/mol. The molecule has 0 amide bonds. The van der Waals surface area contributed by atoms with Gasteiger partial charge in [0.25, 0.3) is 0 Å². The predicted molar refractivity (Wildman–Crippen MR) is 85.9 cm³/mol. The summed E-state index contributed by atoms with van der Waals surface area (Å²) >= 11 is 0. The molecule has 1 unspecified atom stereocenters. The number of hydrogen-bond acceptors (Lipinski definition) is 4. The van der Waals surface area contributed by atoms with Crippen LogP contribution >= 0.6 is 0 Å². The molecule has 0 heterocycles. The van der Waals surface area contributed by atoms with Gasteiger partial charge in [0.2, 0.25) is 5.79 Å². The minimum absolute atomic E-state index is 0.538. The lowest BCUT2D eigenvalue weighted by Crippen LogP contribution is -2.58. The van der Waals surface area contributed by atoms with Gasteiger partial charge in [0, 0.05) is 27.8 Å². The van der Waals surface area contributed by atoms with Crippen LogP contribution in [0.4, 0.5) is 0 Å². The summed E-state index contributed by atoms with van der Waals surface area (Å²) in [6.07, 6.45) is 10.4. The van der Waals surface area contributed by atoms with Gasteiger partial charge in [-0.05, 0) is 6.42 Å². The minimum Gasteiger partial charge on any atom is -0.362 e. The third-order valence-electron chi connectivity index (χ3n) is 4.20. The summed E-state index contributed by atoms with van der Waals surface area (Å²) in [7, 11) is 5.15. The van der Waals surface area contributed by atoms with E-state index in [0.717, 1.165) is 12.8 Å². The lowest BCUT2D eigenvalue weighted by atomic mass is 10.0. The van der Waals surface area contributed by atoms with Crippen molar-refractivity contribution in [1.29, 1.82) is 0 Å². The Kier molecular flexibility index (Phi) is 10.8. The van der Waals surface area contributed by atoms with E-state index in [-0.39, 0.29) is 0 Å². The van der Waals surface area contributed by atoms with Crippen LogP contribution in [0.25, 0.3) is 0 Å². The van der Waals surface area contributed by atoms with Crippen molar-refractivity contribution in [3.05, 3.63) is 0 Å². The number of ether oxygens (including phenoxy) is 3. The van der Waals surface area contributed by atoms with Crippen LogP contribution < -0.4 is 0 Å². The van der Waals surface area contributed by atoms with Crippen LogP contribution in [0, 0.1) is 0 Å². The summed E-state index contributed by atoms with van der Waals surface area (Å²) in [6.45, 7) is 2.23. The molecule has 0 saturated heterocycles. The highest BCUT2D eigenvalue weighted by Gasteiger charge is 2.47. The summed E-state index contributed by atoms with van der Waals surface area (Å²) in [4.78, 5) is 0. The normalized spacial score (nSPS) is 15.4. The maximum Gasteiger partial charge on any atom is 0.215 e. The van der Waals surface area contributed by atoms with Crippen LogP contribution in [0.15, 0.2) is 0 Å². The molecule has 0 spiro atoms. The zero-order valence-electron chi connectivity index (χ0n) is 14.0. The average Bonchev–Trinajstić information content (AvgIpc) is 2.48. The maximum absolute atomic E-state index is 10.6. The lowest BCUT2D eigenvalue weighted by Gasteiger charge is -2.41. The van der Waals surface area contributed by atoms with Gasteiger partial charge < -0.3 is 19.3 Å². The molecule has 122 valence electrons. The van der Waals surface area contributed by atoms with Crippen LogP contribution in [-0.4, -0.2) is 47.9 Å². The summed E-state index contributed by atoms with van der Waals surface area (Å²) in [5.74, 6) is -1.34. The molecule has 0 aromatic rings. The molecule has 0 aliphatic rings. The van der Waals surface area contributed by atoms with E-state index in [2.05, 4.69) is 6.92 Å². The van der Waals surface area contributed by atoms with Gasteiger partial charge in [-0.3, -0.25) is 0 Å². The highest BCUT2D eigenvalue weighted by Crippen LogP contribution is 2.30. The van der Waals surface area contributed by atoms with Gasteiger partial charge in [0.05, 0.1) is 10.2 Å². The molecule has 0 aromatic carbocycles. The standard InChI is InChI=1S/C15H34O4Si/c1-5-6-7-8-9-10-11-12-13-14(16,17-2)15(20,18-3)19-4/h16H,5-13H2,1-4,20H3. The van der Waals surface area contributed by atoms with Crippen LogP contribution in [0.5, 0.6) is 0 Å². The van der Waals surface area contributed by atoms with Crippen molar-refractivity contribution in [2.75, 3.05) is 21.3 Å². The number of methoxy groups -OCH3 is 3. The Bertz CT molecular complexity index is 234. The molecule has 4 nitrogen and oxygen atoms in total. The van der Waals surface area contributed by atoms with Crippen molar-refractivity contribution in [2.45, 2.75) is 75.9 Å². The molecule has 0 aliphatic carbocycles. The summed E-state index contributed by atoms with van der Waals surface area (Å²) < 4.78 is 15.9. The summed E-state index contributed by atoms with van der Waals surface area (Å²) in [6, 6.07) is 0. The van der Waals surface area contributed by atoms with E-state index in [1.807, 2.05) is 0 Å². The van der Waals surface area contributed by atoms with Crippen LogP contribution in [0.3, 0.4) is 0 Å². The molecule has 5 heteroatoms. The fourth-order valence-corrected chi connectivity index (χ4v) is 2.87. The quantitative estimate of drug-likeness (QED) is 0.322. The van der Waals surface area contributed by atoms with Gasteiger partial charge in [0.1, 0.15) is 0 Å². The number of aliphatic hydroxyl groups is 1. The maximum atomic E-state index is 10.6. The number of hydrogen-bond donors (Lipinski definition) is 1. The molecule has 0 saturated carbocycles. The molecule has 0 aromatic heterocycles. The van der Waals surface area contributed by atoms with Gasteiger partial charge in [-0.1, -0.05) is 51.9 Å². The topological polar surface area (TPSA) is 47.9 Å². The van der Waals surface area contributed by atoms with Crippen molar-refractivity contribution < 1.29 is 19.3 Å². The number of rotatable bonds is 13. The van der Waals surface area contributed by atoms with Crippen molar-refractivity contribution >= 4 is 10.2 Å². The zero-order chi connectivity index (χ0) is 15.5. The summed E-state index contributed by atoms with van der Waals surface area (Å²) in [5.41, 5.74) is -0.997. The van der Waals surface area contributed by atoms with Crippen LogP contribution in [0.1, 0.15) is 64.7 Å². The fraction of sp³-hybridized carbons (Fsp3) is 1.00. The van der Waals surface area contributed by atoms with Gasteiger partial charge in [-0.25, -0.2) is 0 Å². The van der Waals surface area contributed by atoms with E-state index in [1.54, 1.807) is 14.2 Å². The van der Waals surface area contributed by atoms with Gasteiger partial charge in [0.15, 0.2) is 5.41 Å².